The molecule has 0 bridgehead atoms. The van der Waals surface area contributed by atoms with Gasteiger partial charge in [0.05, 0.1) is 22.9 Å². The Morgan fingerprint density at radius 1 is 1.47 bits per heavy atom. The molecule has 0 radical (unpaired) electrons. The molecule has 3 heterocycles. The zero-order valence-corrected chi connectivity index (χ0v) is 11.7. The topological polar surface area (TPSA) is 63.5 Å². The van der Waals surface area contributed by atoms with E-state index in [1.807, 2.05) is 35.7 Å². The van der Waals surface area contributed by atoms with Crippen molar-refractivity contribution >= 4 is 15.5 Å². The summed E-state index contributed by atoms with van der Waals surface area (Å²) in [6, 6.07) is 5.97. The van der Waals surface area contributed by atoms with E-state index < -0.39 is 9.84 Å². The van der Waals surface area contributed by atoms with Crippen molar-refractivity contribution in [3.05, 3.63) is 35.8 Å². The Bertz CT molecular complexity index is 706. The first kappa shape index (κ1) is 12.6. The van der Waals surface area contributed by atoms with Crippen molar-refractivity contribution in [2.24, 2.45) is 0 Å². The summed E-state index contributed by atoms with van der Waals surface area (Å²) in [5, 5.41) is 3.33. The van der Waals surface area contributed by atoms with Crippen molar-refractivity contribution in [1.29, 1.82) is 0 Å². The maximum absolute atomic E-state index is 11.4. The highest BCUT2D eigenvalue weighted by Gasteiger charge is 2.27. The average molecular weight is 279 g/mol. The van der Waals surface area contributed by atoms with Gasteiger partial charge in [-0.15, -0.1) is 0 Å². The smallest absolute Gasteiger partial charge is 0.151 e. The molecule has 1 fully saturated rings. The third-order valence-corrected chi connectivity index (χ3v) is 5.39. The summed E-state index contributed by atoms with van der Waals surface area (Å²) in [5.74, 6) is 0.555. The minimum Gasteiger partial charge on any atom is -0.307 e. The molecule has 0 amide bonds. The molecule has 0 aliphatic carbocycles. The monoisotopic (exact) mass is 279 g/mol. The Morgan fingerprint density at radius 3 is 3.05 bits per heavy atom. The maximum atomic E-state index is 11.4. The van der Waals surface area contributed by atoms with Crippen LogP contribution in [0.15, 0.2) is 24.4 Å². The van der Waals surface area contributed by atoms with Crippen molar-refractivity contribution in [2.75, 3.05) is 11.5 Å². The SMILES string of the molecule is Cc1nc2ccccn2c1CNC1CCS(=O)(=O)C1. The van der Waals surface area contributed by atoms with E-state index in [4.69, 9.17) is 0 Å². The van der Waals surface area contributed by atoms with Crippen LogP contribution in [0.25, 0.3) is 5.65 Å². The predicted molar refractivity (Wildman–Crippen MR) is 73.8 cm³/mol. The van der Waals surface area contributed by atoms with Gasteiger partial charge < -0.3 is 9.72 Å². The van der Waals surface area contributed by atoms with Gasteiger partial charge in [-0.3, -0.25) is 0 Å². The molecule has 0 spiro atoms. The lowest BCUT2D eigenvalue weighted by atomic mass is 10.2. The summed E-state index contributed by atoms with van der Waals surface area (Å²) in [7, 11) is -2.82. The van der Waals surface area contributed by atoms with E-state index in [1.165, 1.54) is 0 Å². The van der Waals surface area contributed by atoms with Crippen LogP contribution in [0.3, 0.4) is 0 Å². The van der Waals surface area contributed by atoms with Crippen molar-refractivity contribution in [3.8, 4) is 0 Å². The molecular weight excluding hydrogens is 262 g/mol. The quantitative estimate of drug-likeness (QED) is 0.907. The van der Waals surface area contributed by atoms with Gasteiger partial charge in [0.15, 0.2) is 9.84 Å². The van der Waals surface area contributed by atoms with Gasteiger partial charge >= 0.3 is 0 Å². The number of aryl methyl sites for hydroxylation is 1. The molecule has 5 nitrogen and oxygen atoms in total. The van der Waals surface area contributed by atoms with Gasteiger partial charge in [-0.1, -0.05) is 6.07 Å². The normalized spacial score (nSPS) is 22.1. The highest BCUT2D eigenvalue weighted by molar-refractivity contribution is 7.91. The molecule has 3 rings (SSSR count). The molecule has 1 aliphatic heterocycles. The van der Waals surface area contributed by atoms with Gasteiger partial charge in [0, 0.05) is 18.8 Å². The standard InChI is InChI=1S/C13H17N3O2S/c1-10-12(16-6-3-2-4-13(16)15-10)8-14-11-5-7-19(17,18)9-11/h2-4,6,11,14H,5,7-9H2,1H3. The van der Waals surface area contributed by atoms with Crippen molar-refractivity contribution in [3.63, 3.8) is 0 Å². The molecule has 2 aromatic rings. The van der Waals surface area contributed by atoms with Crippen molar-refractivity contribution in [1.82, 2.24) is 14.7 Å². The number of hydrogen-bond donors (Lipinski definition) is 1. The van der Waals surface area contributed by atoms with E-state index in [0.29, 0.717) is 18.7 Å². The first-order valence-corrected chi connectivity index (χ1v) is 8.24. The zero-order chi connectivity index (χ0) is 13.5. The highest BCUT2D eigenvalue weighted by Crippen LogP contribution is 2.15. The number of nitrogens with zero attached hydrogens (tertiary/aromatic N) is 2. The van der Waals surface area contributed by atoms with E-state index in [9.17, 15) is 8.42 Å². The van der Waals surface area contributed by atoms with Gasteiger partial charge in [-0.2, -0.15) is 0 Å². The fraction of sp³-hybridized carbons (Fsp3) is 0.462. The van der Waals surface area contributed by atoms with Crippen LogP contribution >= 0.6 is 0 Å². The third kappa shape index (κ3) is 2.50. The van der Waals surface area contributed by atoms with Crippen LogP contribution in [0, 0.1) is 6.92 Å². The molecule has 0 saturated carbocycles. The van der Waals surface area contributed by atoms with Gasteiger partial charge in [-0.25, -0.2) is 13.4 Å². The van der Waals surface area contributed by atoms with Crippen LogP contribution in [0.2, 0.25) is 0 Å². The largest absolute Gasteiger partial charge is 0.307 e. The number of imidazole rings is 1. The minimum absolute atomic E-state index is 0.0682. The van der Waals surface area contributed by atoms with Crippen molar-refractivity contribution < 1.29 is 8.42 Å². The predicted octanol–water partition coefficient (Wildman–Crippen LogP) is 0.919. The molecule has 0 aromatic carbocycles. The summed E-state index contributed by atoms with van der Waals surface area (Å²) in [5.41, 5.74) is 3.01. The van der Waals surface area contributed by atoms with E-state index in [1.54, 1.807) is 0 Å². The Morgan fingerprint density at radius 2 is 2.32 bits per heavy atom. The lowest BCUT2D eigenvalue weighted by Crippen LogP contribution is -2.30. The first-order valence-electron chi connectivity index (χ1n) is 6.41. The molecule has 102 valence electrons. The van der Waals surface area contributed by atoms with Crippen molar-refractivity contribution in [2.45, 2.75) is 25.9 Å². The number of pyridine rings is 1. The Balaban J connectivity index is 1.77. The molecule has 19 heavy (non-hydrogen) atoms. The molecular formula is C13H17N3O2S. The van der Waals surface area contributed by atoms with E-state index in [-0.39, 0.29) is 11.8 Å². The number of rotatable bonds is 3. The molecule has 1 atom stereocenters. The number of nitrogens with one attached hydrogen (secondary N) is 1. The van der Waals surface area contributed by atoms with Crippen LogP contribution in [-0.4, -0.2) is 35.4 Å². The summed E-state index contributed by atoms with van der Waals surface area (Å²) < 4.78 is 24.9. The summed E-state index contributed by atoms with van der Waals surface area (Å²) >= 11 is 0. The van der Waals surface area contributed by atoms with E-state index in [2.05, 4.69) is 10.3 Å². The summed E-state index contributed by atoms with van der Waals surface area (Å²) in [4.78, 5) is 4.49. The molecule has 1 saturated heterocycles. The van der Waals surface area contributed by atoms with Crippen LogP contribution in [0.5, 0.6) is 0 Å². The minimum atomic E-state index is -2.82. The number of hydrogen-bond acceptors (Lipinski definition) is 4. The fourth-order valence-corrected chi connectivity index (χ4v) is 4.28. The average Bonchev–Trinajstić information content (AvgIpc) is 2.86. The Hall–Kier alpha value is -1.40. The fourth-order valence-electron chi connectivity index (χ4n) is 2.57. The van der Waals surface area contributed by atoms with E-state index >= 15 is 0 Å². The Kier molecular flexibility index (Phi) is 3.06. The second-order valence-electron chi connectivity index (χ2n) is 5.05. The van der Waals surface area contributed by atoms with Crippen LogP contribution in [0.1, 0.15) is 17.8 Å². The molecule has 6 heteroatoms. The molecule has 2 aromatic heterocycles. The molecule has 1 unspecified atom stereocenters. The first-order chi connectivity index (χ1) is 9.05. The highest BCUT2D eigenvalue weighted by atomic mass is 32.2. The lowest BCUT2D eigenvalue weighted by Gasteiger charge is -2.11. The maximum Gasteiger partial charge on any atom is 0.151 e. The number of aromatic nitrogens is 2. The second-order valence-corrected chi connectivity index (χ2v) is 7.28. The zero-order valence-electron chi connectivity index (χ0n) is 10.8. The Labute approximate surface area is 112 Å². The molecule has 1 aliphatic rings. The third-order valence-electron chi connectivity index (χ3n) is 3.62. The van der Waals surface area contributed by atoms with Gasteiger partial charge in [0.25, 0.3) is 0 Å². The van der Waals surface area contributed by atoms with Crippen LogP contribution in [0.4, 0.5) is 0 Å². The van der Waals surface area contributed by atoms with Gasteiger partial charge in [0.1, 0.15) is 5.65 Å². The van der Waals surface area contributed by atoms with Gasteiger partial charge in [0.2, 0.25) is 0 Å². The van der Waals surface area contributed by atoms with Gasteiger partial charge in [-0.05, 0) is 25.5 Å². The number of sulfone groups is 1. The number of fused-ring (bicyclic) bond motifs is 1. The summed E-state index contributed by atoms with van der Waals surface area (Å²) in [6.45, 7) is 2.63. The molecule has 1 N–H and O–H groups in total. The van der Waals surface area contributed by atoms with Crippen LogP contribution < -0.4 is 5.32 Å². The van der Waals surface area contributed by atoms with Crippen LogP contribution in [-0.2, 0) is 16.4 Å². The summed E-state index contributed by atoms with van der Waals surface area (Å²) in [6.07, 6.45) is 2.69. The second kappa shape index (κ2) is 4.61. The lowest BCUT2D eigenvalue weighted by molar-refractivity contribution is 0.546. The van der Waals surface area contributed by atoms with E-state index in [0.717, 1.165) is 17.0 Å².